The van der Waals surface area contributed by atoms with Crippen LogP contribution in [0.2, 0.25) is 0 Å². The van der Waals surface area contributed by atoms with Crippen molar-refractivity contribution in [3.63, 3.8) is 0 Å². The molecule has 7 nitrogen and oxygen atoms in total. The van der Waals surface area contributed by atoms with E-state index in [-0.39, 0.29) is 69.1 Å². The fourth-order valence-electron chi connectivity index (χ4n) is 3.62. The van der Waals surface area contributed by atoms with Gasteiger partial charge in [0.1, 0.15) is 41.9 Å². The molecule has 5 rings (SSSR count). The third-order valence-corrected chi connectivity index (χ3v) is 9.72. The summed E-state index contributed by atoms with van der Waals surface area (Å²) in [6.45, 7) is 0. The molecule has 0 saturated carbocycles. The summed E-state index contributed by atoms with van der Waals surface area (Å²) >= 11 is 3.96. The van der Waals surface area contributed by atoms with Crippen LogP contribution in [0, 0.1) is 0 Å². The van der Waals surface area contributed by atoms with Crippen LogP contribution in [0.4, 0.5) is 0 Å². The third-order valence-electron chi connectivity index (χ3n) is 5.44. The van der Waals surface area contributed by atoms with Crippen LogP contribution < -0.4 is 0 Å². The molecule has 38 heavy (non-hydrogen) atoms. The molecule has 8 bridgehead atoms. The molecular weight excluding hydrogens is 565 g/mol. The highest BCUT2D eigenvalue weighted by molar-refractivity contribution is 8.01. The summed E-state index contributed by atoms with van der Waals surface area (Å²) in [7, 11) is 0. The number of phenols is 4. The highest BCUT2D eigenvalue weighted by Gasteiger charge is 2.22. The van der Waals surface area contributed by atoms with Crippen LogP contribution in [-0.4, -0.2) is 39.3 Å². The van der Waals surface area contributed by atoms with E-state index in [0.29, 0.717) is 28.6 Å². The number of benzene rings is 4. The van der Waals surface area contributed by atoms with E-state index < -0.39 is 0 Å². The quantitative estimate of drug-likeness (QED) is 0.167. The van der Waals surface area contributed by atoms with Crippen LogP contribution in [0.15, 0.2) is 93.8 Å². The maximum absolute atomic E-state index is 11.7. The van der Waals surface area contributed by atoms with Gasteiger partial charge in [0.2, 0.25) is 0 Å². The highest BCUT2D eigenvalue weighted by atomic mass is 32.2. The molecule has 0 aromatic heterocycles. The Bertz CT molecular complexity index is 1530. The summed E-state index contributed by atoms with van der Waals surface area (Å²) in [5, 5.41) is 44.3. The van der Waals surface area contributed by atoms with E-state index in [2.05, 4.69) is 0 Å². The number of para-hydroxylation sites is 1. The van der Waals surface area contributed by atoms with Crippen molar-refractivity contribution in [2.45, 2.75) is 39.2 Å². The van der Waals surface area contributed by atoms with Crippen molar-refractivity contribution in [1.82, 2.24) is 0 Å². The Morgan fingerprint density at radius 2 is 0.658 bits per heavy atom. The first kappa shape index (κ1) is 26.1. The fraction of sp³-hybridized carbons (Fsp3) is 0. The van der Waals surface area contributed by atoms with E-state index in [1.165, 1.54) is 36.4 Å². The lowest BCUT2D eigenvalue weighted by Gasteiger charge is -2.17. The van der Waals surface area contributed by atoms with Gasteiger partial charge in [0.15, 0.2) is 0 Å². The average molecular weight is 581 g/mol. The molecule has 1 aliphatic heterocycles. The SMILES string of the molecule is O=Cc1cc2c(O)c(c1)Sc1cc(C=O)cc(c1O)Sc1cc(C=O)cc(c1O)Sc1cccc(c1O)S2. The van der Waals surface area contributed by atoms with Crippen molar-refractivity contribution in [2.24, 2.45) is 0 Å². The Hall–Kier alpha value is -3.51. The maximum atomic E-state index is 11.7. The van der Waals surface area contributed by atoms with E-state index in [9.17, 15) is 34.8 Å². The van der Waals surface area contributed by atoms with Gasteiger partial charge in [0.05, 0.1) is 39.2 Å². The second-order valence-electron chi connectivity index (χ2n) is 7.96. The Morgan fingerprint density at radius 1 is 0.421 bits per heavy atom. The number of hydrogen-bond acceptors (Lipinski definition) is 11. The molecule has 0 atom stereocenters. The minimum Gasteiger partial charge on any atom is -0.506 e. The predicted molar refractivity (Wildman–Crippen MR) is 145 cm³/mol. The van der Waals surface area contributed by atoms with Crippen molar-refractivity contribution >= 4 is 65.9 Å². The lowest BCUT2D eigenvalue weighted by atomic mass is 10.2. The van der Waals surface area contributed by atoms with E-state index in [1.54, 1.807) is 18.2 Å². The van der Waals surface area contributed by atoms with Gasteiger partial charge in [-0.05, 0) is 48.5 Å². The second kappa shape index (κ2) is 10.7. The Morgan fingerprint density at radius 3 is 0.921 bits per heavy atom. The third kappa shape index (κ3) is 4.97. The second-order valence-corrected chi connectivity index (χ2v) is 12.3. The van der Waals surface area contributed by atoms with Gasteiger partial charge in [0, 0.05) is 16.7 Å². The average Bonchev–Trinajstić information content (AvgIpc) is 2.91. The summed E-state index contributed by atoms with van der Waals surface area (Å²) in [4.78, 5) is 37.4. The van der Waals surface area contributed by atoms with Crippen molar-refractivity contribution in [3.8, 4) is 23.0 Å². The topological polar surface area (TPSA) is 132 Å². The zero-order chi connectivity index (χ0) is 27.0. The van der Waals surface area contributed by atoms with E-state index in [4.69, 9.17) is 0 Å². The number of carbonyl (C=O) groups excluding carboxylic acids is 3. The first-order valence-corrected chi connectivity index (χ1v) is 14.1. The first-order valence-electron chi connectivity index (χ1n) is 10.8. The summed E-state index contributed by atoms with van der Waals surface area (Å²) < 4.78 is 0. The van der Waals surface area contributed by atoms with E-state index in [1.807, 2.05) is 0 Å². The van der Waals surface area contributed by atoms with Crippen LogP contribution in [0.3, 0.4) is 0 Å². The Balaban J connectivity index is 1.80. The van der Waals surface area contributed by atoms with Gasteiger partial charge in [-0.1, -0.05) is 53.1 Å². The van der Waals surface area contributed by atoms with E-state index >= 15 is 0 Å². The van der Waals surface area contributed by atoms with Crippen LogP contribution in [0.1, 0.15) is 31.1 Å². The predicted octanol–water partition coefficient (Wildman–Crippen LogP) is 6.86. The van der Waals surface area contributed by atoms with Crippen molar-refractivity contribution < 1.29 is 34.8 Å². The lowest BCUT2D eigenvalue weighted by molar-refractivity contribution is 0.111. The summed E-state index contributed by atoms with van der Waals surface area (Å²) in [6, 6.07) is 13.7. The molecular formula is C27H16O7S4. The molecule has 4 aromatic rings. The van der Waals surface area contributed by atoms with E-state index in [0.717, 1.165) is 47.0 Å². The normalized spacial score (nSPS) is 12.5. The van der Waals surface area contributed by atoms with Crippen molar-refractivity contribution in [3.05, 3.63) is 71.3 Å². The first-order chi connectivity index (χ1) is 18.3. The molecule has 0 spiro atoms. The largest absolute Gasteiger partial charge is 0.506 e. The smallest absolute Gasteiger partial charge is 0.150 e. The van der Waals surface area contributed by atoms with Gasteiger partial charge in [-0.3, -0.25) is 14.4 Å². The molecule has 0 saturated heterocycles. The minimum absolute atomic E-state index is 0.108. The maximum Gasteiger partial charge on any atom is 0.150 e. The highest BCUT2D eigenvalue weighted by Crippen LogP contribution is 2.52. The molecule has 0 fully saturated rings. The number of carbonyl (C=O) groups is 3. The molecule has 4 aromatic carbocycles. The number of hydrogen-bond donors (Lipinski definition) is 4. The van der Waals surface area contributed by atoms with Gasteiger partial charge < -0.3 is 20.4 Å². The van der Waals surface area contributed by atoms with Gasteiger partial charge in [-0.25, -0.2) is 0 Å². The molecule has 0 radical (unpaired) electrons. The number of phenolic OH excluding ortho intramolecular Hbond substituents is 4. The van der Waals surface area contributed by atoms with Crippen LogP contribution in [-0.2, 0) is 0 Å². The molecule has 190 valence electrons. The monoisotopic (exact) mass is 580 g/mol. The summed E-state index contributed by atoms with van der Waals surface area (Å²) in [5.41, 5.74) is 0.761. The van der Waals surface area contributed by atoms with Gasteiger partial charge in [0.25, 0.3) is 0 Å². The molecule has 11 heteroatoms. The van der Waals surface area contributed by atoms with Crippen molar-refractivity contribution in [1.29, 1.82) is 0 Å². The lowest BCUT2D eigenvalue weighted by Crippen LogP contribution is -1.91. The van der Waals surface area contributed by atoms with Crippen molar-refractivity contribution in [2.75, 3.05) is 0 Å². The zero-order valence-corrected chi connectivity index (χ0v) is 22.3. The minimum atomic E-state index is -0.212. The number of aldehydes is 3. The number of aromatic hydroxyl groups is 4. The van der Waals surface area contributed by atoms with Gasteiger partial charge >= 0.3 is 0 Å². The zero-order valence-electron chi connectivity index (χ0n) is 19.1. The summed E-state index contributed by atoms with van der Waals surface area (Å²) in [6.07, 6.45) is 1.86. The van der Waals surface area contributed by atoms with Gasteiger partial charge in [-0.2, -0.15) is 0 Å². The van der Waals surface area contributed by atoms with Gasteiger partial charge in [-0.15, -0.1) is 0 Å². The van der Waals surface area contributed by atoms with Crippen LogP contribution in [0.5, 0.6) is 23.0 Å². The standard InChI is InChI=1S/C27H16O7S4/c28-10-13-4-18-25(32)20(6-13)37-22-8-15(12-30)9-23(27(22)34)38-21-7-14(11-29)5-19(26(21)33)36-17-3-1-2-16(35-18)24(17)31/h1-12,31-34H. The molecule has 1 aliphatic rings. The molecule has 1 heterocycles. The number of fused-ring (bicyclic) bond motifs is 8. The Labute approximate surface area is 233 Å². The Kier molecular flexibility index (Phi) is 7.35. The summed E-state index contributed by atoms with van der Waals surface area (Å²) in [5.74, 6) is -0.656. The van der Waals surface area contributed by atoms with Crippen LogP contribution >= 0.6 is 47.0 Å². The molecule has 0 unspecified atom stereocenters. The molecule has 0 amide bonds. The fourth-order valence-corrected chi connectivity index (χ4v) is 7.94. The molecule has 0 aliphatic carbocycles. The number of rotatable bonds is 3. The molecule has 4 N–H and O–H groups in total. The van der Waals surface area contributed by atoms with Crippen LogP contribution in [0.25, 0.3) is 0 Å².